The van der Waals surface area contributed by atoms with E-state index in [1.807, 2.05) is 31.2 Å². The van der Waals surface area contributed by atoms with Crippen molar-refractivity contribution in [1.29, 1.82) is 10.5 Å². The van der Waals surface area contributed by atoms with Gasteiger partial charge in [0.25, 0.3) is 5.84 Å². The van der Waals surface area contributed by atoms with Crippen LogP contribution in [0.2, 0.25) is 0 Å². The zero-order chi connectivity index (χ0) is 16.5. The number of hydrogen-bond donors (Lipinski definition) is 2. The highest BCUT2D eigenvalue weighted by Crippen LogP contribution is 2.79. The predicted octanol–water partition coefficient (Wildman–Crippen LogP) is 0.107. The van der Waals surface area contributed by atoms with Gasteiger partial charge in [0.2, 0.25) is 0 Å². The first kappa shape index (κ1) is 14.6. The van der Waals surface area contributed by atoms with Crippen molar-refractivity contribution in [3.63, 3.8) is 0 Å². The number of nitrogens with two attached hydrogens (primary N) is 1. The summed E-state index contributed by atoms with van der Waals surface area (Å²) in [6.45, 7) is 2.21. The van der Waals surface area contributed by atoms with E-state index in [2.05, 4.69) is 33.1 Å². The van der Waals surface area contributed by atoms with Gasteiger partial charge < -0.3 is 9.47 Å². The van der Waals surface area contributed by atoms with Gasteiger partial charge in [0, 0.05) is 10.4 Å². The Kier molecular flexibility index (Phi) is 2.76. The van der Waals surface area contributed by atoms with Gasteiger partial charge in [-0.25, -0.2) is 4.99 Å². The molecule has 1 saturated heterocycles. The van der Waals surface area contributed by atoms with Gasteiger partial charge in [-0.3, -0.25) is 5.73 Å². The molecule has 23 heavy (non-hydrogen) atoms. The van der Waals surface area contributed by atoms with Gasteiger partial charge in [0.05, 0.1) is 24.8 Å². The minimum atomic E-state index is -1.36. The summed E-state index contributed by atoms with van der Waals surface area (Å²) < 4.78 is 12.7. The predicted molar refractivity (Wildman–Crippen MR) is 82.4 cm³/mol. The molecule has 2 heterocycles. The molecule has 5 atom stereocenters. The quantitative estimate of drug-likeness (QED) is 0.726. The molecular formula is C16H14BrN4O2+. The topological polar surface area (TPSA) is 106 Å². The average molecular weight is 374 g/mol. The van der Waals surface area contributed by atoms with Crippen molar-refractivity contribution in [2.75, 3.05) is 6.61 Å². The number of nitrogens with one attached hydrogen (secondary N) is 1. The van der Waals surface area contributed by atoms with Gasteiger partial charge in [0.1, 0.15) is 0 Å². The highest BCUT2D eigenvalue weighted by Gasteiger charge is 2.97. The molecule has 116 valence electrons. The third kappa shape index (κ3) is 1.41. The van der Waals surface area contributed by atoms with E-state index in [1.165, 1.54) is 0 Å². The van der Waals surface area contributed by atoms with Crippen molar-refractivity contribution in [3.05, 3.63) is 34.3 Å². The molecule has 7 heteroatoms. The van der Waals surface area contributed by atoms with Crippen LogP contribution in [0, 0.1) is 33.5 Å². The Labute approximate surface area is 141 Å². The second kappa shape index (κ2) is 4.33. The SMILES string of the molecule is C[C@@H]1CO[C@]2([NH+]=C(N)[C@@]3(C#N)[C@@H](c4ccc(Br)cc4)[C@@]23C#N)O1. The standard InChI is InChI=1S/C16H13BrN4O2/c1-9-6-22-16(23-9)15(8-19)12(10-2-4-11(17)5-3-10)14(15,7-18)13(20)21-16/h2-5,9,12H,6H2,1H3,(H2,20,21)/p+1/t9-,12-,14-,15-,16+/m1/s1. The maximum Gasteiger partial charge on any atom is 0.343 e. The van der Waals surface area contributed by atoms with Crippen LogP contribution >= 0.6 is 15.9 Å². The Hall–Kier alpha value is -1.93. The van der Waals surface area contributed by atoms with Crippen LogP contribution in [0.3, 0.4) is 0 Å². The van der Waals surface area contributed by atoms with Gasteiger partial charge in [-0.05, 0) is 24.6 Å². The number of nitriles is 2. The van der Waals surface area contributed by atoms with Crippen LogP contribution in [0.4, 0.5) is 0 Å². The third-order valence-corrected chi connectivity index (χ3v) is 5.62. The zero-order valence-corrected chi connectivity index (χ0v) is 13.9. The minimum absolute atomic E-state index is 0.179. The van der Waals surface area contributed by atoms with Crippen molar-refractivity contribution in [1.82, 2.24) is 0 Å². The maximum absolute atomic E-state index is 10.00. The molecule has 1 aromatic rings. The maximum atomic E-state index is 10.00. The lowest BCUT2D eigenvalue weighted by Crippen LogP contribution is -2.90. The molecule has 0 unspecified atom stereocenters. The van der Waals surface area contributed by atoms with E-state index < -0.39 is 22.7 Å². The molecule has 1 spiro atoms. The molecule has 0 amide bonds. The molecule has 0 bridgehead atoms. The lowest BCUT2D eigenvalue weighted by molar-refractivity contribution is -0.677. The first-order valence-electron chi connectivity index (χ1n) is 7.28. The van der Waals surface area contributed by atoms with E-state index in [1.54, 1.807) is 0 Å². The Balaban J connectivity index is 1.91. The van der Waals surface area contributed by atoms with Gasteiger partial charge in [-0.1, -0.05) is 28.1 Å². The van der Waals surface area contributed by atoms with Crippen molar-refractivity contribution in [2.45, 2.75) is 24.9 Å². The van der Waals surface area contributed by atoms with Crippen LogP contribution in [0.25, 0.3) is 0 Å². The summed E-state index contributed by atoms with van der Waals surface area (Å²) in [4.78, 5) is 2.95. The number of benzene rings is 1. The third-order valence-electron chi connectivity index (χ3n) is 5.09. The number of halogens is 1. The Bertz CT molecular complexity index is 811. The average Bonchev–Trinajstić information content (AvgIpc) is 2.92. The number of amidine groups is 1. The highest BCUT2D eigenvalue weighted by molar-refractivity contribution is 9.10. The van der Waals surface area contributed by atoms with Crippen molar-refractivity contribution in [2.24, 2.45) is 16.6 Å². The summed E-state index contributed by atoms with van der Waals surface area (Å²) in [5.74, 6) is -1.52. The van der Waals surface area contributed by atoms with Gasteiger partial charge >= 0.3 is 5.91 Å². The van der Waals surface area contributed by atoms with Gasteiger partial charge in [-0.2, -0.15) is 10.5 Å². The molecule has 2 fully saturated rings. The van der Waals surface area contributed by atoms with Crippen molar-refractivity contribution in [3.8, 4) is 12.1 Å². The number of fused-ring (bicyclic) bond motifs is 2. The second-order valence-electron chi connectivity index (χ2n) is 6.22. The zero-order valence-electron chi connectivity index (χ0n) is 12.3. The number of ether oxygens (including phenoxy) is 2. The largest absolute Gasteiger partial charge is 0.343 e. The molecule has 4 rings (SSSR count). The molecule has 2 aliphatic heterocycles. The first-order valence-corrected chi connectivity index (χ1v) is 8.07. The fraction of sp³-hybridized carbons (Fsp3) is 0.438. The van der Waals surface area contributed by atoms with E-state index in [4.69, 9.17) is 15.2 Å². The van der Waals surface area contributed by atoms with E-state index in [9.17, 15) is 10.5 Å². The minimum Gasteiger partial charge on any atom is -0.311 e. The Morgan fingerprint density at radius 2 is 2.00 bits per heavy atom. The summed E-state index contributed by atoms with van der Waals surface area (Å²) >= 11 is 3.40. The van der Waals surface area contributed by atoms with Gasteiger partial charge in [-0.15, -0.1) is 0 Å². The molecule has 1 aromatic carbocycles. The summed E-state index contributed by atoms with van der Waals surface area (Å²) in [6, 6.07) is 12.1. The van der Waals surface area contributed by atoms with Crippen molar-refractivity contribution < 1.29 is 14.5 Å². The van der Waals surface area contributed by atoms with Crippen LogP contribution in [-0.2, 0) is 9.47 Å². The van der Waals surface area contributed by atoms with E-state index in [0.29, 0.717) is 6.61 Å². The summed E-state index contributed by atoms with van der Waals surface area (Å²) in [5.41, 5.74) is 4.66. The molecule has 1 aliphatic carbocycles. The van der Waals surface area contributed by atoms with Gasteiger partial charge in [0.15, 0.2) is 10.8 Å². The van der Waals surface area contributed by atoms with Crippen LogP contribution < -0.4 is 10.7 Å². The molecule has 0 aromatic heterocycles. The summed E-state index contributed by atoms with van der Waals surface area (Å²) in [6.07, 6.45) is -0.179. The summed E-state index contributed by atoms with van der Waals surface area (Å²) in [5, 5.41) is 19.9. The van der Waals surface area contributed by atoms with Crippen LogP contribution in [0.5, 0.6) is 0 Å². The first-order chi connectivity index (χ1) is 11.0. The molecule has 1 saturated carbocycles. The Morgan fingerprint density at radius 1 is 1.30 bits per heavy atom. The van der Waals surface area contributed by atoms with E-state index in [-0.39, 0.29) is 11.9 Å². The van der Waals surface area contributed by atoms with Crippen LogP contribution in [0.15, 0.2) is 28.7 Å². The second-order valence-corrected chi connectivity index (χ2v) is 7.13. The molecule has 3 aliphatic rings. The number of rotatable bonds is 1. The van der Waals surface area contributed by atoms with Crippen molar-refractivity contribution >= 4 is 21.8 Å². The molecule has 0 radical (unpaired) electrons. The normalized spacial score (nSPS) is 43.6. The number of hydrogen-bond acceptors (Lipinski definition) is 5. The Morgan fingerprint density at radius 3 is 2.52 bits per heavy atom. The van der Waals surface area contributed by atoms with E-state index >= 15 is 0 Å². The monoisotopic (exact) mass is 373 g/mol. The van der Waals surface area contributed by atoms with Crippen LogP contribution in [0.1, 0.15) is 18.4 Å². The fourth-order valence-corrected chi connectivity index (χ4v) is 4.38. The lowest BCUT2D eigenvalue weighted by atomic mass is 9.94. The molecular weight excluding hydrogens is 360 g/mol. The lowest BCUT2D eigenvalue weighted by Gasteiger charge is -2.24. The highest BCUT2D eigenvalue weighted by atomic mass is 79.9. The summed E-state index contributed by atoms with van der Waals surface area (Å²) in [7, 11) is 0. The smallest absolute Gasteiger partial charge is 0.311 e. The van der Waals surface area contributed by atoms with E-state index in [0.717, 1.165) is 10.0 Å². The number of nitrogens with zero attached hydrogens (tertiary/aromatic N) is 2. The fourth-order valence-electron chi connectivity index (χ4n) is 4.12. The van der Waals surface area contributed by atoms with Crippen LogP contribution in [-0.4, -0.2) is 24.5 Å². The molecule has 3 N–H and O–H groups in total. The molecule has 6 nitrogen and oxygen atoms in total.